The molecule has 0 radical (unpaired) electrons. The Morgan fingerprint density at radius 3 is 2.38 bits per heavy atom. The Labute approximate surface area is 162 Å². The van der Waals surface area contributed by atoms with Crippen molar-refractivity contribution < 1.29 is 18.0 Å². The molecular formula is C17H24BrN3O4S. The monoisotopic (exact) mass is 445 g/mol. The number of halogens is 1. The zero-order valence-electron chi connectivity index (χ0n) is 14.8. The first-order valence-corrected chi connectivity index (χ1v) is 10.8. The van der Waals surface area contributed by atoms with E-state index in [2.05, 4.69) is 21.2 Å². The molecule has 1 aromatic carbocycles. The zero-order valence-corrected chi connectivity index (χ0v) is 17.2. The van der Waals surface area contributed by atoms with Crippen LogP contribution in [0.1, 0.15) is 25.7 Å². The van der Waals surface area contributed by atoms with Gasteiger partial charge in [0.15, 0.2) is 0 Å². The Balaban J connectivity index is 1.79. The summed E-state index contributed by atoms with van der Waals surface area (Å²) in [4.78, 5) is 26.0. The molecule has 1 aromatic rings. The van der Waals surface area contributed by atoms with E-state index in [-0.39, 0.29) is 30.3 Å². The van der Waals surface area contributed by atoms with E-state index < -0.39 is 15.9 Å². The second kappa shape index (κ2) is 9.48. The highest BCUT2D eigenvalue weighted by Crippen LogP contribution is 2.17. The molecule has 0 unspecified atom stereocenters. The van der Waals surface area contributed by atoms with Crippen molar-refractivity contribution in [2.75, 3.05) is 33.2 Å². The topological polar surface area (TPSA) is 86.8 Å². The summed E-state index contributed by atoms with van der Waals surface area (Å²) in [5.74, 6) is -0.402. The number of likely N-dealkylation sites (N-methyl/N-ethyl adjacent to an activating group) is 1. The number of piperidine rings is 1. The Hall–Kier alpha value is -1.45. The highest BCUT2D eigenvalue weighted by Gasteiger charge is 2.23. The third kappa shape index (κ3) is 5.78. The minimum atomic E-state index is -3.73. The van der Waals surface area contributed by atoms with Crippen molar-refractivity contribution in [1.82, 2.24) is 14.5 Å². The van der Waals surface area contributed by atoms with Gasteiger partial charge in [0.2, 0.25) is 21.8 Å². The molecule has 1 heterocycles. The lowest BCUT2D eigenvalue weighted by Crippen LogP contribution is -2.41. The number of nitrogens with zero attached hydrogens (tertiary/aromatic N) is 2. The highest BCUT2D eigenvalue weighted by atomic mass is 79.9. The predicted molar refractivity (Wildman–Crippen MR) is 102 cm³/mol. The zero-order chi connectivity index (χ0) is 19.2. The number of hydrogen-bond acceptors (Lipinski definition) is 4. The molecule has 0 aromatic heterocycles. The van der Waals surface area contributed by atoms with E-state index in [4.69, 9.17) is 0 Å². The SMILES string of the molecule is CN(CC(=O)NCCC(=O)N1CCCCC1)S(=O)(=O)c1ccc(Br)cc1. The summed E-state index contributed by atoms with van der Waals surface area (Å²) in [7, 11) is -2.38. The fraction of sp³-hybridized carbons (Fsp3) is 0.529. The summed E-state index contributed by atoms with van der Waals surface area (Å²) in [6, 6.07) is 6.22. The summed E-state index contributed by atoms with van der Waals surface area (Å²) in [6.07, 6.45) is 3.43. The lowest BCUT2D eigenvalue weighted by Gasteiger charge is -2.26. The van der Waals surface area contributed by atoms with Gasteiger partial charge in [-0.3, -0.25) is 9.59 Å². The van der Waals surface area contributed by atoms with Crippen LogP contribution < -0.4 is 5.32 Å². The minimum Gasteiger partial charge on any atom is -0.354 e. The van der Waals surface area contributed by atoms with Gasteiger partial charge < -0.3 is 10.2 Å². The molecule has 1 aliphatic rings. The molecule has 0 atom stereocenters. The van der Waals surface area contributed by atoms with Crippen LogP contribution in [0.5, 0.6) is 0 Å². The Morgan fingerprint density at radius 1 is 1.15 bits per heavy atom. The fourth-order valence-corrected chi connectivity index (χ4v) is 4.13. The van der Waals surface area contributed by atoms with Gasteiger partial charge in [-0.2, -0.15) is 4.31 Å². The van der Waals surface area contributed by atoms with E-state index in [0.717, 1.165) is 41.1 Å². The predicted octanol–water partition coefficient (Wildman–Crippen LogP) is 1.59. The highest BCUT2D eigenvalue weighted by molar-refractivity contribution is 9.10. The summed E-state index contributed by atoms with van der Waals surface area (Å²) < 4.78 is 26.6. The van der Waals surface area contributed by atoms with Gasteiger partial charge in [0, 0.05) is 37.6 Å². The third-order valence-corrected chi connectivity index (χ3v) is 6.60. The lowest BCUT2D eigenvalue weighted by atomic mass is 10.1. The molecule has 144 valence electrons. The van der Waals surface area contributed by atoms with Gasteiger partial charge in [0.1, 0.15) is 0 Å². The Bertz CT molecular complexity index is 731. The molecule has 0 aliphatic carbocycles. The van der Waals surface area contributed by atoms with Gasteiger partial charge in [0.25, 0.3) is 0 Å². The number of likely N-dealkylation sites (tertiary alicyclic amines) is 1. The summed E-state index contributed by atoms with van der Waals surface area (Å²) in [6.45, 7) is 1.47. The first kappa shape index (κ1) is 20.9. The largest absolute Gasteiger partial charge is 0.354 e. The molecule has 0 saturated carbocycles. The van der Waals surface area contributed by atoms with Crippen LogP contribution in [-0.4, -0.2) is 62.7 Å². The van der Waals surface area contributed by atoms with Crippen molar-refractivity contribution >= 4 is 37.8 Å². The molecule has 1 N–H and O–H groups in total. The number of hydrogen-bond donors (Lipinski definition) is 1. The van der Waals surface area contributed by atoms with E-state index in [0.29, 0.717) is 0 Å². The van der Waals surface area contributed by atoms with Crippen LogP contribution in [0, 0.1) is 0 Å². The van der Waals surface area contributed by atoms with Crippen LogP contribution in [0.15, 0.2) is 33.6 Å². The molecule has 26 heavy (non-hydrogen) atoms. The maximum atomic E-state index is 12.4. The van der Waals surface area contributed by atoms with Gasteiger partial charge >= 0.3 is 0 Å². The summed E-state index contributed by atoms with van der Waals surface area (Å²) >= 11 is 3.25. The van der Waals surface area contributed by atoms with Crippen molar-refractivity contribution in [3.8, 4) is 0 Å². The van der Waals surface area contributed by atoms with E-state index >= 15 is 0 Å². The van der Waals surface area contributed by atoms with E-state index in [1.54, 1.807) is 12.1 Å². The van der Waals surface area contributed by atoms with Crippen LogP contribution in [0.25, 0.3) is 0 Å². The van der Waals surface area contributed by atoms with Gasteiger partial charge in [0.05, 0.1) is 11.4 Å². The average molecular weight is 446 g/mol. The van der Waals surface area contributed by atoms with E-state index in [1.165, 1.54) is 19.2 Å². The van der Waals surface area contributed by atoms with Crippen LogP contribution in [0.3, 0.4) is 0 Å². The van der Waals surface area contributed by atoms with E-state index in [1.807, 2.05) is 4.90 Å². The molecule has 7 nitrogen and oxygen atoms in total. The van der Waals surface area contributed by atoms with Crippen LogP contribution in [0.2, 0.25) is 0 Å². The number of carbonyl (C=O) groups excluding carboxylic acids is 2. The Morgan fingerprint density at radius 2 is 1.77 bits per heavy atom. The van der Waals surface area contributed by atoms with Crippen LogP contribution in [-0.2, 0) is 19.6 Å². The number of rotatable bonds is 7. The molecule has 1 fully saturated rings. The van der Waals surface area contributed by atoms with Gasteiger partial charge in [-0.1, -0.05) is 15.9 Å². The van der Waals surface area contributed by atoms with Crippen molar-refractivity contribution in [3.63, 3.8) is 0 Å². The molecule has 9 heteroatoms. The molecule has 2 amide bonds. The number of benzene rings is 1. The van der Waals surface area contributed by atoms with E-state index in [9.17, 15) is 18.0 Å². The maximum Gasteiger partial charge on any atom is 0.243 e. The number of amides is 2. The van der Waals surface area contributed by atoms with Crippen LogP contribution in [0.4, 0.5) is 0 Å². The quantitative estimate of drug-likeness (QED) is 0.689. The molecule has 0 spiro atoms. The molecule has 2 rings (SSSR count). The second-order valence-corrected chi connectivity index (χ2v) is 9.22. The average Bonchev–Trinajstić information content (AvgIpc) is 2.62. The number of sulfonamides is 1. The minimum absolute atomic E-state index is 0.0286. The van der Waals surface area contributed by atoms with Crippen molar-refractivity contribution in [3.05, 3.63) is 28.7 Å². The maximum absolute atomic E-state index is 12.4. The first-order valence-electron chi connectivity index (χ1n) is 8.57. The normalized spacial score (nSPS) is 15.1. The Kier molecular flexibility index (Phi) is 7.60. The molecule has 1 saturated heterocycles. The lowest BCUT2D eigenvalue weighted by molar-refractivity contribution is -0.132. The van der Waals surface area contributed by atoms with Crippen molar-refractivity contribution in [2.45, 2.75) is 30.6 Å². The second-order valence-electron chi connectivity index (χ2n) is 6.26. The van der Waals surface area contributed by atoms with Gasteiger partial charge in [-0.25, -0.2) is 8.42 Å². The number of nitrogens with one attached hydrogen (secondary N) is 1. The van der Waals surface area contributed by atoms with Gasteiger partial charge in [-0.15, -0.1) is 0 Å². The van der Waals surface area contributed by atoms with Crippen molar-refractivity contribution in [2.24, 2.45) is 0 Å². The summed E-state index contributed by atoms with van der Waals surface area (Å²) in [5.41, 5.74) is 0. The molecule has 1 aliphatic heterocycles. The smallest absolute Gasteiger partial charge is 0.243 e. The summed E-state index contributed by atoms with van der Waals surface area (Å²) in [5, 5.41) is 2.62. The standard InChI is InChI=1S/C17H24BrN3O4S/c1-20(26(24,25)15-7-5-14(18)6-8-15)13-16(22)19-10-9-17(23)21-11-3-2-4-12-21/h5-8H,2-4,9-13H2,1H3,(H,19,22). The fourth-order valence-electron chi connectivity index (χ4n) is 2.74. The van der Waals surface area contributed by atoms with Gasteiger partial charge in [-0.05, 0) is 43.5 Å². The first-order chi connectivity index (χ1) is 12.3. The number of carbonyl (C=O) groups is 2. The van der Waals surface area contributed by atoms with Crippen LogP contribution >= 0.6 is 15.9 Å². The third-order valence-electron chi connectivity index (χ3n) is 4.26. The molecule has 0 bridgehead atoms. The van der Waals surface area contributed by atoms with Crippen molar-refractivity contribution in [1.29, 1.82) is 0 Å². The molecular weight excluding hydrogens is 422 g/mol.